The van der Waals surface area contributed by atoms with Gasteiger partial charge in [0.2, 0.25) is 0 Å². The largest absolute Gasteiger partial charge is 0.481 e. The summed E-state index contributed by atoms with van der Waals surface area (Å²) in [5.41, 5.74) is 15.2. The van der Waals surface area contributed by atoms with Gasteiger partial charge in [-0.3, -0.25) is 4.79 Å². The Morgan fingerprint density at radius 2 is 0.979 bits per heavy atom. The van der Waals surface area contributed by atoms with E-state index >= 15 is 0 Å². The summed E-state index contributed by atoms with van der Waals surface area (Å²) in [5.74, 6) is 1.17. The van der Waals surface area contributed by atoms with E-state index in [9.17, 15) is 20.4 Å². The lowest BCUT2D eigenvalue weighted by Gasteiger charge is -2.55. The van der Waals surface area contributed by atoms with Gasteiger partial charge in [-0.15, -0.1) is 0 Å². The van der Waals surface area contributed by atoms with Crippen LogP contribution in [0.25, 0.3) is 0 Å². The molecule has 0 aromatic rings. The summed E-state index contributed by atoms with van der Waals surface area (Å²) in [4.78, 5) is 9.00. The predicted molar refractivity (Wildman–Crippen MR) is 192 cm³/mol. The summed E-state index contributed by atoms with van der Waals surface area (Å²) < 4.78 is 0. The summed E-state index contributed by atoms with van der Waals surface area (Å²) in [6.07, 6.45) is 13.1. The Balaban J connectivity index is 0.000000195. The van der Waals surface area contributed by atoms with Crippen LogP contribution in [-0.4, -0.2) is 69.0 Å². The molecule has 6 aliphatic rings. The number of allylic oxidation sites excluding steroid dienone is 2. The molecule has 276 valence electrons. The Kier molecular flexibility index (Phi) is 12.5. The summed E-state index contributed by atoms with van der Waals surface area (Å²) >= 11 is 0. The van der Waals surface area contributed by atoms with E-state index in [1.807, 2.05) is 0 Å². The van der Waals surface area contributed by atoms with E-state index in [1.165, 1.54) is 11.1 Å². The molecular weight excluding hydrogens is 604 g/mol. The van der Waals surface area contributed by atoms with Gasteiger partial charge >= 0.3 is 0 Å². The van der Waals surface area contributed by atoms with Crippen LogP contribution in [0.4, 0.5) is 0 Å². The van der Waals surface area contributed by atoms with Crippen molar-refractivity contribution in [2.75, 3.05) is 13.1 Å². The van der Waals surface area contributed by atoms with Gasteiger partial charge in [-0.2, -0.15) is 0 Å². The molecule has 0 heterocycles. The molecule has 8 nitrogen and oxygen atoms in total. The Labute approximate surface area is 290 Å². The predicted octanol–water partition coefficient (Wildman–Crippen LogP) is 5.80. The second-order valence-electron chi connectivity index (χ2n) is 17.9. The number of hydrogen-bond donors (Lipinski definition) is 7. The molecule has 6 rings (SSSR count). The highest BCUT2D eigenvalue weighted by molar-refractivity contribution is 5.62. The van der Waals surface area contributed by atoms with Gasteiger partial charge in [0, 0.05) is 6.92 Å². The van der Waals surface area contributed by atoms with Crippen LogP contribution in [0, 0.1) is 57.2 Å². The summed E-state index contributed by atoms with van der Waals surface area (Å²) in [5, 5.41) is 49.8. The Hall–Kier alpha value is -1.29. The van der Waals surface area contributed by atoms with Gasteiger partial charge in [0.1, 0.15) is 0 Å². The van der Waals surface area contributed by atoms with Gasteiger partial charge in [0.05, 0.1) is 24.4 Å². The van der Waals surface area contributed by atoms with Crippen molar-refractivity contribution in [1.29, 1.82) is 0 Å². The molecule has 0 spiro atoms. The molecule has 0 radical (unpaired) electrons. The van der Waals surface area contributed by atoms with Crippen LogP contribution in [-0.2, 0) is 4.79 Å². The molecule has 6 fully saturated rings. The van der Waals surface area contributed by atoms with Crippen LogP contribution in [0.5, 0.6) is 0 Å². The fourth-order valence-electron chi connectivity index (χ4n) is 12.0. The zero-order valence-corrected chi connectivity index (χ0v) is 30.8. The van der Waals surface area contributed by atoms with Crippen LogP contribution >= 0.6 is 0 Å². The van der Waals surface area contributed by atoms with Crippen molar-refractivity contribution in [3.63, 3.8) is 0 Å². The quantitative estimate of drug-likeness (QED) is 0.183. The molecule has 9 N–H and O–H groups in total. The van der Waals surface area contributed by atoms with Crippen LogP contribution in [0.15, 0.2) is 24.3 Å². The maximum Gasteiger partial charge on any atom is 0.300 e. The number of carboxylic acid groups (broad SMARTS) is 1. The number of aliphatic hydroxyl groups excluding tert-OH is 4. The number of aliphatic carboxylic acids is 1. The Morgan fingerprint density at radius 3 is 1.29 bits per heavy atom. The number of aliphatic hydroxyl groups is 4. The molecule has 6 saturated carbocycles. The zero-order chi connectivity index (χ0) is 35.8. The topological polar surface area (TPSA) is 170 Å². The van der Waals surface area contributed by atoms with Crippen LogP contribution in [0.3, 0.4) is 0 Å². The first-order valence-electron chi connectivity index (χ1n) is 19.1. The van der Waals surface area contributed by atoms with E-state index in [4.69, 9.17) is 21.4 Å². The fraction of sp³-hybridized carbons (Fsp3) is 0.875. The van der Waals surface area contributed by atoms with E-state index in [2.05, 4.69) is 40.9 Å². The summed E-state index contributed by atoms with van der Waals surface area (Å²) in [7, 11) is 0. The molecule has 0 aromatic heterocycles. The lowest BCUT2D eigenvalue weighted by atomic mass is 9.52. The maximum atomic E-state index is 11.2. The van der Waals surface area contributed by atoms with Crippen LogP contribution in [0.1, 0.15) is 125 Å². The van der Waals surface area contributed by atoms with Crippen molar-refractivity contribution in [2.45, 2.75) is 149 Å². The van der Waals surface area contributed by atoms with E-state index in [0.717, 1.165) is 96.8 Å². The fourth-order valence-corrected chi connectivity index (χ4v) is 12.0. The van der Waals surface area contributed by atoms with Crippen LogP contribution in [0.2, 0.25) is 0 Å². The highest BCUT2D eigenvalue weighted by Gasteiger charge is 2.58. The first-order chi connectivity index (χ1) is 22.4. The Morgan fingerprint density at radius 1 is 0.646 bits per heavy atom. The van der Waals surface area contributed by atoms with Crippen molar-refractivity contribution in [3.8, 4) is 0 Å². The minimum absolute atomic E-state index is 0.0681. The van der Waals surface area contributed by atoms with Crippen molar-refractivity contribution in [3.05, 3.63) is 24.3 Å². The second kappa shape index (κ2) is 15.1. The lowest BCUT2D eigenvalue weighted by Crippen LogP contribution is -2.54. The minimum atomic E-state index is -0.833. The highest BCUT2D eigenvalue weighted by Crippen LogP contribution is 2.62. The smallest absolute Gasteiger partial charge is 0.300 e. The average Bonchev–Trinajstić information content (AvgIpc) is 3.51. The summed E-state index contributed by atoms with van der Waals surface area (Å²) in [6.45, 7) is 20.1. The maximum absolute atomic E-state index is 11.2. The van der Waals surface area contributed by atoms with E-state index in [1.54, 1.807) is 0 Å². The minimum Gasteiger partial charge on any atom is -0.481 e. The van der Waals surface area contributed by atoms with Gasteiger partial charge in [-0.25, -0.2) is 0 Å². The molecule has 8 heteroatoms. The standard InChI is InChI=1S/2C19H33NO2.C2H4O2/c2*1-12-4-5-15-17(22)16(7-9-18(12,15)2)19(3)8-6-14(21)10-13(19)11-20;1-2(3)4/h2*13-17,21-22H,1,4-11,20H2,2-3H3;1H3,(H,3,4)/t2*13-,14+,15?,16?,17+,18-,19+;/m11./s1. The van der Waals surface area contributed by atoms with E-state index in [0.29, 0.717) is 48.6 Å². The first-order valence-corrected chi connectivity index (χ1v) is 19.1. The molecule has 0 saturated heterocycles. The number of fused-ring (bicyclic) bond motifs is 2. The molecule has 48 heavy (non-hydrogen) atoms. The van der Waals surface area contributed by atoms with Gasteiger partial charge in [-0.05, 0) is 160 Å². The molecule has 4 unspecified atom stereocenters. The molecule has 0 aliphatic heterocycles. The van der Waals surface area contributed by atoms with E-state index in [-0.39, 0.29) is 46.1 Å². The normalized spacial score (nSPS) is 48.7. The molecule has 14 atom stereocenters. The number of nitrogens with two attached hydrogens (primary N) is 2. The third-order valence-electron chi connectivity index (χ3n) is 15.6. The number of rotatable bonds is 4. The number of carboxylic acids is 1. The van der Waals surface area contributed by atoms with E-state index < -0.39 is 5.97 Å². The first kappa shape index (κ1) is 39.5. The molecule has 0 aromatic carbocycles. The number of hydrogen-bond acceptors (Lipinski definition) is 7. The second-order valence-corrected chi connectivity index (χ2v) is 17.9. The molecule has 0 bridgehead atoms. The highest BCUT2D eigenvalue weighted by atomic mass is 16.4. The lowest BCUT2D eigenvalue weighted by molar-refractivity contribution is -0.134. The summed E-state index contributed by atoms with van der Waals surface area (Å²) in [6, 6.07) is 0. The van der Waals surface area contributed by atoms with Crippen molar-refractivity contribution < 1.29 is 30.3 Å². The average molecular weight is 675 g/mol. The third-order valence-corrected chi connectivity index (χ3v) is 15.6. The zero-order valence-electron chi connectivity index (χ0n) is 30.8. The SMILES string of the molecule is C=C1CCC2[C@H](O)C([C@@]3(C)CC[C@H](O)C[C@@H]3CN)CC[C@]12C.C=C1CCC2[C@H](O)C([C@@]3(C)CC[C@H](O)C[C@@H]3CN)CC[C@]12C.CC(=O)O. The van der Waals surface area contributed by atoms with Gasteiger partial charge < -0.3 is 37.0 Å². The molecule has 0 amide bonds. The number of carbonyl (C=O) groups is 1. The van der Waals surface area contributed by atoms with Crippen molar-refractivity contribution >= 4 is 5.97 Å². The van der Waals surface area contributed by atoms with Gasteiger partial charge in [0.15, 0.2) is 0 Å². The van der Waals surface area contributed by atoms with Crippen molar-refractivity contribution in [1.82, 2.24) is 0 Å². The van der Waals surface area contributed by atoms with Crippen LogP contribution < -0.4 is 11.5 Å². The third kappa shape index (κ3) is 7.23. The van der Waals surface area contributed by atoms with Gasteiger partial charge in [0.25, 0.3) is 5.97 Å². The molecule has 6 aliphatic carbocycles. The van der Waals surface area contributed by atoms with Gasteiger partial charge in [-0.1, -0.05) is 52.0 Å². The Bertz CT molecular complexity index is 1080. The monoisotopic (exact) mass is 675 g/mol. The molecular formula is C40H70N2O6. The van der Waals surface area contributed by atoms with Crippen molar-refractivity contribution in [2.24, 2.45) is 68.6 Å².